The minimum Gasteiger partial charge on any atom is -0.298 e. The van der Waals surface area contributed by atoms with Gasteiger partial charge in [0.15, 0.2) is 6.29 Å². The molecule has 1 fully saturated rings. The van der Waals surface area contributed by atoms with Crippen molar-refractivity contribution in [3.63, 3.8) is 0 Å². The fraction of sp³-hybridized carbons (Fsp3) is 0.231. The van der Waals surface area contributed by atoms with E-state index in [-0.39, 0.29) is 11.1 Å². The molecule has 2 aliphatic carbocycles. The minimum atomic E-state index is -0.243. The first kappa shape index (κ1) is 9.33. The van der Waals surface area contributed by atoms with Gasteiger partial charge in [0.2, 0.25) is 0 Å². The number of pyridine rings is 1. The van der Waals surface area contributed by atoms with Gasteiger partial charge >= 0.3 is 0 Å². The lowest BCUT2D eigenvalue weighted by atomic mass is 10.1. The van der Waals surface area contributed by atoms with E-state index >= 15 is 0 Å². The third kappa shape index (κ3) is 1.36. The van der Waals surface area contributed by atoms with Crippen molar-refractivity contribution in [1.29, 1.82) is 0 Å². The highest BCUT2D eigenvalue weighted by atomic mass is 16.1. The van der Waals surface area contributed by atoms with Crippen LogP contribution >= 0.6 is 0 Å². The number of carbonyl (C=O) groups excluding carboxylic acids is 1. The lowest BCUT2D eigenvalue weighted by molar-refractivity contribution is 0.112. The van der Waals surface area contributed by atoms with Gasteiger partial charge in [-0.25, -0.2) is 0 Å². The molecule has 1 heterocycles. The maximum Gasteiger partial charge on any atom is 0.265 e. The van der Waals surface area contributed by atoms with Crippen LogP contribution in [0.3, 0.4) is 0 Å². The predicted octanol–water partition coefficient (Wildman–Crippen LogP) is 1.71. The predicted molar refractivity (Wildman–Crippen MR) is 61.1 cm³/mol. The van der Waals surface area contributed by atoms with Crippen molar-refractivity contribution < 1.29 is 4.79 Å². The number of rotatable bonds is 2. The van der Waals surface area contributed by atoms with Crippen LogP contribution in [0.25, 0.3) is 5.70 Å². The molecule has 3 rings (SSSR count). The Morgan fingerprint density at radius 2 is 2.25 bits per heavy atom. The third-order valence-electron chi connectivity index (χ3n) is 3.17. The van der Waals surface area contributed by atoms with E-state index in [0.29, 0.717) is 18.1 Å². The van der Waals surface area contributed by atoms with Gasteiger partial charge in [-0.1, -0.05) is 12.2 Å². The summed E-state index contributed by atoms with van der Waals surface area (Å²) >= 11 is 0. The van der Waals surface area contributed by atoms with Crippen LogP contribution in [0, 0.1) is 11.8 Å². The molecule has 1 aromatic heterocycles. The Balaban J connectivity index is 2.10. The molecule has 1 aromatic rings. The number of aromatic nitrogens is 1. The van der Waals surface area contributed by atoms with Crippen LogP contribution in [-0.2, 0) is 0 Å². The number of aldehydes is 1. The van der Waals surface area contributed by atoms with E-state index in [1.165, 1.54) is 11.0 Å². The first-order chi connectivity index (χ1) is 7.79. The van der Waals surface area contributed by atoms with Crippen LogP contribution in [0.4, 0.5) is 0 Å². The molecule has 0 amide bonds. The molecule has 0 radical (unpaired) electrons. The second-order valence-corrected chi connectivity index (χ2v) is 4.27. The van der Waals surface area contributed by atoms with Crippen molar-refractivity contribution in [3.05, 3.63) is 52.5 Å². The summed E-state index contributed by atoms with van der Waals surface area (Å²) in [6.07, 6.45) is 9.70. The van der Waals surface area contributed by atoms with Gasteiger partial charge in [-0.05, 0) is 36.5 Å². The van der Waals surface area contributed by atoms with E-state index < -0.39 is 0 Å². The molecule has 0 bridgehead atoms. The van der Waals surface area contributed by atoms with E-state index in [9.17, 15) is 9.59 Å². The number of nitrogens with zero attached hydrogens (tertiary/aromatic N) is 1. The average Bonchev–Trinajstić information content (AvgIpc) is 3.07. The van der Waals surface area contributed by atoms with Crippen molar-refractivity contribution in [2.24, 2.45) is 11.8 Å². The van der Waals surface area contributed by atoms with Crippen molar-refractivity contribution in [3.8, 4) is 0 Å². The fourth-order valence-corrected chi connectivity index (χ4v) is 2.11. The lowest BCUT2D eigenvalue weighted by Crippen LogP contribution is -2.22. The Bertz CT molecular complexity index is 566. The molecule has 0 aromatic carbocycles. The van der Waals surface area contributed by atoms with Gasteiger partial charge in [-0.2, -0.15) is 0 Å². The molecular formula is C13H11NO2. The van der Waals surface area contributed by atoms with Crippen LogP contribution in [0.1, 0.15) is 16.8 Å². The van der Waals surface area contributed by atoms with Crippen LogP contribution in [0.2, 0.25) is 0 Å². The van der Waals surface area contributed by atoms with Crippen LogP contribution in [0.5, 0.6) is 0 Å². The van der Waals surface area contributed by atoms with E-state index in [0.717, 1.165) is 5.70 Å². The number of hydrogen-bond acceptors (Lipinski definition) is 2. The van der Waals surface area contributed by atoms with Crippen LogP contribution in [-0.4, -0.2) is 10.9 Å². The third-order valence-corrected chi connectivity index (χ3v) is 3.17. The Labute approximate surface area is 92.7 Å². The molecule has 0 N–H and O–H groups in total. The number of carbonyl (C=O) groups is 1. The molecule has 80 valence electrons. The van der Waals surface area contributed by atoms with Crippen molar-refractivity contribution >= 4 is 12.0 Å². The van der Waals surface area contributed by atoms with Crippen molar-refractivity contribution in [2.45, 2.75) is 6.42 Å². The Hall–Kier alpha value is -1.90. The first-order valence-electron chi connectivity index (χ1n) is 5.37. The minimum absolute atomic E-state index is 0.203. The fourth-order valence-electron chi connectivity index (χ4n) is 2.11. The van der Waals surface area contributed by atoms with Crippen LogP contribution < -0.4 is 5.56 Å². The highest BCUT2D eigenvalue weighted by molar-refractivity contribution is 5.74. The Kier molecular flexibility index (Phi) is 1.93. The average molecular weight is 213 g/mol. The summed E-state index contributed by atoms with van der Waals surface area (Å²) < 4.78 is 1.54. The molecule has 16 heavy (non-hydrogen) atoms. The molecule has 1 saturated carbocycles. The topological polar surface area (TPSA) is 39.1 Å². The molecule has 3 nitrogen and oxygen atoms in total. The Morgan fingerprint density at radius 1 is 1.38 bits per heavy atom. The highest BCUT2D eigenvalue weighted by Crippen LogP contribution is 2.44. The van der Waals surface area contributed by atoms with E-state index in [2.05, 4.69) is 12.2 Å². The number of allylic oxidation sites excluding steroid dienone is 4. The standard InChI is InChI=1S/C13H11NO2/c15-8-10-2-1-5-14(13(10)16)12-4-3-9-6-11(9)7-12/h1-5,7-9,11H,6H2. The summed E-state index contributed by atoms with van der Waals surface area (Å²) in [5, 5.41) is 0. The SMILES string of the molecule is O=Cc1cccn(C2=CC3CC3C=C2)c1=O. The quantitative estimate of drug-likeness (QED) is 0.701. The molecule has 2 atom stereocenters. The van der Waals surface area contributed by atoms with Gasteiger partial charge in [0.25, 0.3) is 5.56 Å². The largest absolute Gasteiger partial charge is 0.298 e. The number of fused-ring (bicyclic) bond motifs is 1. The highest BCUT2D eigenvalue weighted by Gasteiger charge is 2.35. The zero-order chi connectivity index (χ0) is 11.1. The maximum absolute atomic E-state index is 11.9. The summed E-state index contributed by atoms with van der Waals surface area (Å²) in [5.41, 5.74) is 0.842. The van der Waals surface area contributed by atoms with Gasteiger partial charge in [0, 0.05) is 11.9 Å². The summed E-state index contributed by atoms with van der Waals surface area (Å²) in [5.74, 6) is 1.26. The molecule has 0 spiro atoms. The van der Waals surface area contributed by atoms with Gasteiger partial charge in [0.1, 0.15) is 0 Å². The van der Waals surface area contributed by atoms with E-state index in [1.54, 1.807) is 18.3 Å². The van der Waals surface area contributed by atoms with Crippen molar-refractivity contribution in [1.82, 2.24) is 4.57 Å². The second kappa shape index (κ2) is 3.30. The summed E-state index contributed by atoms with van der Waals surface area (Å²) in [6, 6.07) is 3.26. The summed E-state index contributed by atoms with van der Waals surface area (Å²) in [4.78, 5) is 22.6. The molecule has 3 heteroatoms. The molecule has 0 saturated heterocycles. The maximum atomic E-state index is 11.9. The monoisotopic (exact) mass is 213 g/mol. The zero-order valence-corrected chi connectivity index (χ0v) is 8.67. The molecule has 2 unspecified atom stereocenters. The van der Waals surface area contributed by atoms with Gasteiger partial charge < -0.3 is 0 Å². The first-order valence-corrected chi connectivity index (χ1v) is 5.37. The second-order valence-electron chi connectivity index (χ2n) is 4.27. The van der Waals surface area contributed by atoms with Gasteiger partial charge in [-0.15, -0.1) is 0 Å². The molecule has 2 aliphatic rings. The van der Waals surface area contributed by atoms with E-state index in [4.69, 9.17) is 0 Å². The Morgan fingerprint density at radius 3 is 3.00 bits per heavy atom. The van der Waals surface area contributed by atoms with Gasteiger partial charge in [-0.3, -0.25) is 14.2 Å². The number of hydrogen-bond donors (Lipinski definition) is 0. The lowest BCUT2D eigenvalue weighted by Gasteiger charge is -2.09. The van der Waals surface area contributed by atoms with Crippen molar-refractivity contribution in [2.75, 3.05) is 0 Å². The van der Waals surface area contributed by atoms with E-state index in [1.807, 2.05) is 6.08 Å². The summed E-state index contributed by atoms with van der Waals surface area (Å²) in [7, 11) is 0. The molecular weight excluding hydrogens is 202 g/mol. The zero-order valence-electron chi connectivity index (χ0n) is 8.67. The smallest absolute Gasteiger partial charge is 0.265 e. The summed E-state index contributed by atoms with van der Waals surface area (Å²) in [6.45, 7) is 0. The van der Waals surface area contributed by atoms with Crippen LogP contribution in [0.15, 0.2) is 41.4 Å². The molecule has 0 aliphatic heterocycles. The van der Waals surface area contributed by atoms with Gasteiger partial charge in [0.05, 0.1) is 5.56 Å². The normalized spacial score (nSPS) is 25.9.